The van der Waals surface area contributed by atoms with Gasteiger partial charge in [0.15, 0.2) is 11.6 Å². The Hall–Kier alpha value is -0.600. The number of ether oxygens (including phenoxy) is 1. The Morgan fingerprint density at radius 3 is 2.47 bits per heavy atom. The molecule has 1 saturated heterocycles. The Morgan fingerprint density at radius 1 is 1.33 bits per heavy atom. The molecule has 6 N–H and O–H groups in total. The van der Waals surface area contributed by atoms with Crippen molar-refractivity contribution in [1.29, 1.82) is 0 Å². The number of nitrogens with two attached hydrogens (primary N) is 1. The minimum absolute atomic E-state index is 0.00436. The molecule has 3 unspecified atom stereocenters. The van der Waals surface area contributed by atoms with Gasteiger partial charge in [-0.15, -0.1) is 0 Å². The number of hydrogen-bond donors (Lipinski definition) is 5. The predicted molar refractivity (Wildman–Crippen MR) is 117 cm³/mol. The molecule has 30 heavy (non-hydrogen) atoms. The van der Waals surface area contributed by atoms with E-state index >= 15 is 0 Å². The first kappa shape index (κ1) is 25.7. The van der Waals surface area contributed by atoms with Crippen molar-refractivity contribution >= 4 is 36.0 Å². The van der Waals surface area contributed by atoms with Crippen LogP contribution in [0.15, 0.2) is 11.0 Å². The molecule has 1 fully saturated rings. The lowest BCUT2D eigenvalue weighted by molar-refractivity contribution is -0.0714. The predicted octanol–water partition coefficient (Wildman–Crippen LogP) is 0.929. The maximum Gasteiger partial charge on any atom is 0.359 e. The van der Waals surface area contributed by atoms with Crippen LogP contribution in [0.3, 0.4) is 0 Å². The van der Waals surface area contributed by atoms with Crippen molar-refractivity contribution in [3.63, 3.8) is 0 Å². The van der Waals surface area contributed by atoms with E-state index < -0.39 is 48.8 Å². The third-order valence-corrected chi connectivity index (χ3v) is 8.60. The van der Waals surface area contributed by atoms with Crippen LogP contribution in [0.25, 0.3) is 0 Å². The Labute approximate surface area is 187 Å². The fraction of sp³-hybridized carbons (Fsp3) is 0.765. The number of aliphatic hydroxyl groups is 3. The molecule has 0 aromatic carbocycles. The molecule has 0 radical (unpaired) electrons. The summed E-state index contributed by atoms with van der Waals surface area (Å²) in [7, 11) is -4.44. The summed E-state index contributed by atoms with van der Waals surface area (Å²) in [5.41, 5.74) is 3.60. The third-order valence-electron chi connectivity index (χ3n) is 5.55. The number of aliphatic hydroxyl groups excluding tert-OH is 2. The molecule has 1 aliphatic rings. The van der Waals surface area contributed by atoms with Crippen molar-refractivity contribution in [1.82, 2.24) is 9.55 Å². The fourth-order valence-corrected chi connectivity index (χ4v) is 4.85. The molecular weight excluding hydrogens is 532 g/mol. The summed E-state index contributed by atoms with van der Waals surface area (Å²) in [6, 6.07) is 0. The summed E-state index contributed by atoms with van der Waals surface area (Å²) in [4.78, 5) is 26.1. The molecule has 1 aromatic rings. The molecular formula is C17H29IN3O8P. The van der Waals surface area contributed by atoms with Crippen molar-refractivity contribution in [2.75, 3.05) is 5.73 Å². The molecule has 0 spiro atoms. The van der Waals surface area contributed by atoms with Gasteiger partial charge < -0.3 is 35.2 Å². The van der Waals surface area contributed by atoms with Crippen LogP contribution < -0.4 is 11.4 Å². The topological polar surface area (TPSA) is 177 Å². The van der Waals surface area contributed by atoms with E-state index in [1.54, 1.807) is 20.8 Å². The van der Waals surface area contributed by atoms with Gasteiger partial charge in [-0.05, 0) is 49.3 Å². The Morgan fingerprint density at radius 2 is 1.93 bits per heavy atom. The number of rotatable bonds is 8. The van der Waals surface area contributed by atoms with E-state index in [4.69, 9.17) is 15.0 Å². The first-order chi connectivity index (χ1) is 13.7. The lowest BCUT2D eigenvalue weighted by Crippen LogP contribution is -2.40. The Kier molecular flexibility index (Phi) is 7.78. The fourth-order valence-electron chi connectivity index (χ4n) is 3.04. The molecule has 0 amide bonds. The summed E-state index contributed by atoms with van der Waals surface area (Å²) in [5.74, 6) is 0.0371. The molecule has 2 heterocycles. The van der Waals surface area contributed by atoms with Gasteiger partial charge in [-0.25, -0.2) is 4.79 Å². The maximum absolute atomic E-state index is 12.6. The Bertz CT molecular complexity index is 881. The van der Waals surface area contributed by atoms with Crippen molar-refractivity contribution in [2.45, 2.75) is 82.4 Å². The summed E-state index contributed by atoms with van der Waals surface area (Å²) >= 11 is 1.88. The second kappa shape index (κ2) is 9.10. The van der Waals surface area contributed by atoms with E-state index in [2.05, 4.69) is 4.98 Å². The van der Waals surface area contributed by atoms with Crippen LogP contribution >= 0.6 is 30.2 Å². The molecule has 0 saturated carbocycles. The van der Waals surface area contributed by atoms with Crippen molar-refractivity contribution < 1.29 is 34.0 Å². The van der Waals surface area contributed by atoms with Gasteiger partial charge in [0.25, 0.3) is 0 Å². The number of nitrogens with zero attached hydrogens (tertiary/aromatic N) is 2. The number of anilines is 1. The number of halogens is 1. The minimum Gasteiger partial charge on any atom is -0.388 e. The van der Waals surface area contributed by atoms with E-state index in [0.717, 1.165) is 4.57 Å². The highest BCUT2D eigenvalue weighted by Gasteiger charge is 2.50. The number of aromatic nitrogens is 2. The quantitative estimate of drug-likeness (QED) is 0.227. The molecule has 0 aliphatic carbocycles. The zero-order valence-corrected chi connectivity index (χ0v) is 20.3. The van der Waals surface area contributed by atoms with Crippen molar-refractivity contribution in [3.05, 3.63) is 20.3 Å². The molecule has 13 heteroatoms. The van der Waals surface area contributed by atoms with Crippen LogP contribution in [-0.4, -0.2) is 59.0 Å². The maximum atomic E-state index is 12.6. The van der Waals surface area contributed by atoms with Crippen molar-refractivity contribution in [2.24, 2.45) is 0 Å². The van der Waals surface area contributed by atoms with E-state index in [1.807, 2.05) is 22.6 Å². The average Bonchev–Trinajstić information content (AvgIpc) is 2.92. The van der Waals surface area contributed by atoms with E-state index in [-0.39, 0.29) is 25.1 Å². The summed E-state index contributed by atoms with van der Waals surface area (Å²) in [5, 5.41) is 29.2. The van der Waals surface area contributed by atoms with Gasteiger partial charge >= 0.3 is 13.3 Å². The van der Waals surface area contributed by atoms with Crippen LogP contribution in [0.2, 0.25) is 0 Å². The highest BCUT2D eigenvalue weighted by molar-refractivity contribution is 14.1. The van der Waals surface area contributed by atoms with Gasteiger partial charge in [0, 0.05) is 12.6 Å². The third kappa shape index (κ3) is 5.07. The molecule has 172 valence electrons. The molecule has 1 aromatic heterocycles. The van der Waals surface area contributed by atoms with Gasteiger partial charge in [-0.3, -0.25) is 9.13 Å². The first-order valence-corrected chi connectivity index (χ1v) is 12.2. The zero-order valence-electron chi connectivity index (χ0n) is 17.2. The molecule has 7 atom stereocenters. The highest BCUT2D eigenvalue weighted by atomic mass is 127. The second-order valence-corrected chi connectivity index (χ2v) is 11.2. The Balaban J connectivity index is 2.27. The minimum atomic E-state index is -4.44. The summed E-state index contributed by atoms with van der Waals surface area (Å²) in [6.45, 7) is 6.04. The van der Waals surface area contributed by atoms with E-state index in [9.17, 15) is 29.6 Å². The van der Waals surface area contributed by atoms with Crippen LogP contribution in [-0.2, 0) is 13.8 Å². The summed E-state index contributed by atoms with van der Waals surface area (Å²) in [6.07, 6.45) is -3.53. The lowest BCUT2D eigenvalue weighted by atomic mass is 9.93. The lowest BCUT2D eigenvalue weighted by Gasteiger charge is -2.37. The molecule has 11 nitrogen and oxygen atoms in total. The smallest absolute Gasteiger partial charge is 0.359 e. The van der Waals surface area contributed by atoms with E-state index in [1.165, 1.54) is 13.1 Å². The van der Waals surface area contributed by atoms with Crippen LogP contribution in [0.4, 0.5) is 5.82 Å². The largest absolute Gasteiger partial charge is 0.388 e. The highest BCUT2D eigenvalue weighted by Crippen LogP contribution is 2.59. The molecule has 2 rings (SSSR count). The van der Waals surface area contributed by atoms with Gasteiger partial charge in [0.05, 0.1) is 15.3 Å². The zero-order chi connectivity index (χ0) is 23.1. The molecule has 1 aliphatic heterocycles. The van der Waals surface area contributed by atoms with Crippen LogP contribution in [0.5, 0.6) is 0 Å². The van der Waals surface area contributed by atoms with Gasteiger partial charge in [0.2, 0.25) is 0 Å². The summed E-state index contributed by atoms with van der Waals surface area (Å²) < 4.78 is 25.3. The normalized spacial score (nSPS) is 30.4. The average molecular weight is 561 g/mol. The van der Waals surface area contributed by atoms with Crippen molar-refractivity contribution in [3.8, 4) is 0 Å². The standard InChI is InChI=1S/C17H29IN3O8P/c1-5-16(3,29-30(26,27)17(4,25)6-2)7-10-11(22)12(23)14(28-10)21-8-9(18)13(19)20-15(21)24/h8,10-12,14,22-23,25H,5-7H2,1-4H3,(H,26,27)(H2,19,20,24)/t10-,11-,12-,14-,16?,17?/m1/s1. The van der Waals surface area contributed by atoms with Gasteiger partial charge in [-0.1, -0.05) is 13.8 Å². The van der Waals surface area contributed by atoms with Crippen LogP contribution in [0, 0.1) is 3.57 Å². The molecule has 0 bridgehead atoms. The number of nitrogen functional groups attached to an aromatic ring is 1. The van der Waals surface area contributed by atoms with Gasteiger partial charge in [-0.2, -0.15) is 4.98 Å². The monoisotopic (exact) mass is 561 g/mol. The van der Waals surface area contributed by atoms with E-state index in [0.29, 0.717) is 3.57 Å². The van der Waals surface area contributed by atoms with Crippen LogP contribution in [0.1, 0.15) is 53.2 Å². The van der Waals surface area contributed by atoms with Gasteiger partial charge in [0.1, 0.15) is 18.0 Å². The second-order valence-electron chi connectivity index (χ2n) is 7.90. The SMILES string of the molecule is CCC(C)(C[C@H]1O[C@@H](n2cc(I)c(N)nc2=O)[C@H](O)[C@@H]1O)OP(=O)(O)C(C)(O)CC. The first-order valence-electron chi connectivity index (χ1n) is 9.50. The number of hydrogen-bond acceptors (Lipinski definition) is 9.